The maximum Gasteiger partial charge on any atom is 0.244 e. The van der Waals surface area contributed by atoms with Gasteiger partial charge in [0.2, 0.25) is 21.8 Å². The summed E-state index contributed by atoms with van der Waals surface area (Å²) >= 11 is 5.93. The average molecular weight is 494 g/mol. The minimum atomic E-state index is -3.77. The van der Waals surface area contributed by atoms with E-state index < -0.39 is 28.5 Å². The zero-order chi connectivity index (χ0) is 24.8. The topological polar surface area (TPSA) is 86.8 Å². The van der Waals surface area contributed by atoms with Crippen LogP contribution in [0.5, 0.6) is 0 Å². The molecule has 2 amide bonds. The lowest BCUT2D eigenvalue weighted by atomic mass is 10.1. The molecule has 1 N–H and O–H groups in total. The predicted molar refractivity (Wildman–Crippen MR) is 133 cm³/mol. The first-order valence-corrected chi connectivity index (χ1v) is 13.0. The van der Waals surface area contributed by atoms with Crippen LogP contribution in [0.3, 0.4) is 0 Å². The van der Waals surface area contributed by atoms with E-state index in [0.717, 1.165) is 21.7 Å². The first kappa shape index (κ1) is 26.7. The van der Waals surface area contributed by atoms with E-state index in [4.69, 9.17) is 11.6 Å². The molecular formula is C24H32ClN3O4S. The summed E-state index contributed by atoms with van der Waals surface area (Å²) in [5.41, 5.74) is 2.18. The van der Waals surface area contributed by atoms with Crippen LogP contribution in [-0.2, 0) is 26.2 Å². The van der Waals surface area contributed by atoms with E-state index in [1.165, 1.54) is 4.90 Å². The van der Waals surface area contributed by atoms with Crippen LogP contribution < -0.4 is 9.62 Å². The van der Waals surface area contributed by atoms with Crippen LogP contribution in [0, 0.1) is 12.8 Å². The van der Waals surface area contributed by atoms with E-state index in [2.05, 4.69) is 5.32 Å². The van der Waals surface area contributed by atoms with E-state index in [1.807, 2.05) is 45.0 Å². The number of sulfonamides is 1. The van der Waals surface area contributed by atoms with E-state index >= 15 is 0 Å². The fourth-order valence-corrected chi connectivity index (χ4v) is 4.20. The lowest BCUT2D eigenvalue weighted by Gasteiger charge is -2.32. The monoisotopic (exact) mass is 493 g/mol. The minimum Gasteiger partial charge on any atom is -0.354 e. The molecule has 0 radical (unpaired) electrons. The zero-order valence-electron chi connectivity index (χ0n) is 19.7. The van der Waals surface area contributed by atoms with Crippen molar-refractivity contribution < 1.29 is 18.0 Å². The molecule has 0 aliphatic carbocycles. The van der Waals surface area contributed by atoms with Crippen molar-refractivity contribution in [2.24, 2.45) is 5.92 Å². The Balaban J connectivity index is 2.36. The number of amides is 2. The SMILES string of the molecule is Cc1ccccc1CN(C(=O)CN(c1ccc(Cl)cc1)S(C)(=O)=O)[C@@H](C)C(=O)NCC(C)C. The quantitative estimate of drug-likeness (QED) is 0.547. The molecule has 0 bridgehead atoms. The molecule has 0 heterocycles. The Morgan fingerprint density at radius 2 is 1.64 bits per heavy atom. The Bertz CT molecular complexity index is 1070. The summed E-state index contributed by atoms with van der Waals surface area (Å²) in [6.45, 7) is 7.77. The number of halogens is 1. The Morgan fingerprint density at radius 3 is 2.18 bits per heavy atom. The Morgan fingerprint density at radius 1 is 1.03 bits per heavy atom. The largest absolute Gasteiger partial charge is 0.354 e. The summed E-state index contributed by atoms with van der Waals surface area (Å²) < 4.78 is 26.0. The molecule has 7 nitrogen and oxygen atoms in total. The van der Waals surface area contributed by atoms with Crippen LogP contribution in [0.15, 0.2) is 48.5 Å². The fourth-order valence-electron chi connectivity index (χ4n) is 3.23. The number of aryl methyl sites for hydroxylation is 1. The van der Waals surface area contributed by atoms with Gasteiger partial charge in [-0.2, -0.15) is 0 Å². The van der Waals surface area contributed by atoms with Crippen molar-refractivity contribution in [3.63, 3.8) is 0 Å². The van der Waals surface area contributed by atoms with Crippen LogP contribution in [0.4, 0.5) is 5.69 Å². The second-order valence-electron chi connectivity index (χ2n) is 8.51. The Kier molecular flexibility index (Phi) is 9.31. The zero-order valence-corrected chi connectivity index (χ0v) is 21.3. The normalized spacial score (nSPS) is 12.3. The van der Waals surface area contributed by atoms with Gasteiger partial charge in [-0.3, -0.25) is 13.9 Å². The highest BCUT2D eigenvalue weighted by Gasteiger charge is 2.30. The third-order valence-corrected chi connectivity index (χ3v) is 6.64. The second kappa shape index (κ2) is 11.5. The molecule has 0 saturated heterocycles. The lowest BCUT2D eigenvalue weighted by molar-refractivity contribution is -0.139. The highest BCUT2D eigenvalue weighted by Crippen LogP contribution is 2.21. The van der Waals surface area contributed by atoms with Crippen molar-refractivity contribution in [3.05, 3.63) is 64.7 Å². The number of hydrogen-bond acceptors (Lipinski definition) is 4. The van der Waals surface area contributed by atoms with Crippen molar-refractivity contribution in [3.8, 4) is 0 Å². The van der Waals surface area contributed by atoms with Crippen LogP contribution in [0.25, 0.3) is 0 Å². The molecule has 1 atom stereocenters. The van der Waals surface area contributed by atoms with Crippen LogP contribution in [0.1, 0.15) is 31.9 Å². The van der Waals surface area contributed by atoms with Crippen LogP contribution in [-0.4, -0.2) is 50.5 Å². The predicted octanol–water partition coefficient (Wildman–Crippen LogP) is 3.60. The van der Waals surface area contributed by atoms with Crippen molar-refractivity contribution in [2.45, 2.75) is 40.3 Å². The van der Waals surface area contributed by atoms with Gasteiger partial charge in [-0.25, -0.2) is 8.42 Å². The van der Waals surface area contributed by atoms with Crippen molar-refractivity contribution in [1.29, 1.82) is 0 Å². The standard InChI is InChI=1S/C24H32ClN3O4S/c1-17(2)14-26-24(30)19(4)27(15-20-9-7-6-8-18(20)3)23(29)16-28(33(5,31)32)22-12-10-21(25)11-13-22/h6-13,17,19H,14-16H2,1-5H3,(H,26,30)/t19-/m0/s1. The smallest absolute Gasteiger partial charge is 0.244 e. The van der Waals surface area contributed by atoms with E-state index in [0.29, 0.717) is 17.3 Å². The molecule has 0 saturated carbocycles. The molecule has 2 aromatic rings. The summed E-state index contributed by atoms with van der Waals surface area (Å²) in [5.74, 6) is -0.513. The van der Waals surface area contributed by atoms with Gasteiger partial charge in [-0.1, -0.05) is 49.7 Å². The van der Waals surface area contributed by atoms with Gasteiger partial charge in [0.25, 0.3) is 0 Å². The van der Waals surface area contributed by atoms with Gasteiger partial charge in [0.1, 0.15) is 12.6 Å². The molecule has 33 heavy (non-hydrogen) atoms. The molecule has 0 aromatic heterocycles. The number of carbonyl (C=O) groups excluding carboxylic acids is 2. The maximum absolute atomic E-state index is 13.5. The van der Waals surface area contributed by atoms with Gasteiger partial charge in [0, 0.05) is 18.1 Å². The van der Waals surface area contributed by atoms with Crippen LogP contribution in [0.2, 0.25) is 5.02 Å². The van der Waals surface area contributed by atoms with Gasteiger partial charge in [-0.15, -0.1) is 0 Å². The molecule has 9 heteroatoms. The number of anilines is 1. The molecular weight excluding hydrogens is 462 g/mol. The average Bonchev–Trinajstić information content (AvgIpc) is 2.74. The highest BCUT2D eigenvalue weighted by atomic mass is 35.5. The number of hydrogen-bond donors (Lipinski definition) is 1. The lowest BCUT2D eigenvalue weighted by Crippen LogP contribution is -2.51. The number of rotatable bonds is 10. The molecule has 0 aliphatic rings. The summed E-state index contributed by atoms with van der Waals surface area (Å²) in [6.07, 6.45) is 1.04. The second-order valence-corrected chi connectivity index (χ2v) is 10.9. The molecule has 0 spiro atoms. The van der Waals surface area contributed by atoms with Gasteiger partial charge < -0.3 is 10.2 Å². The van der Waals surface area contributed by atoms with Crippen molar-refractivity contribution >= 4 is 39.1 Å². The van der Waals surface area contributed by atoms with E-state index in [-0.39, 0.29) is 18.4 Å². The maximum atomic E-state index is 13.5. The van der Waals surface area contributed by atoms with E-state index in [1.54, 1.807) is 31.2 Å². The molecule has 180 valence electrons. The summed E-state index contributed by atoms with van der Waals surface area (Å²) in [4.78, 5) is 27.7. The highest BCUT2D eigenvalue weighted by molar-refractivity contribution is 7.92. The van der Waals surface area contributed by atoms with E-state index in [9.17, 15) is 18.0 Å². The van der Waals surface area contributed by atoms with Gasteiger partial charge >= 0.3 is 0 Å². The molecule has 0 aliphatic heterocycles. The third-order valence-electron chi connectivity index (χ3n) is 5.25. The van der Waals surface area contributed by atoms with Crippen molar-refractivity contribution in [1.82, 2.24) is 10.2 Å². The minimum absolute atomic E-state index is 0.181. The summed E-state index contributed by atoms with van der Waals surface area (Å²) in [7, 11) is -3.77. The number of nitrogens with zero attached hydrogens (tertiary/aromatic N) is 2. The fraction of sp³-hybridized carbons (Fsp3) is 0.417. The van der Waals surface area contributed by atoms with Gasteiger partial charge in [-0.05, 0) is 55.2 Å². The molecule has 0 unspecified atom stereocenters. The summed E-state index contributed by atoms with van der Waals surface area (Å²) in [5, 5.41) is 3.31. The third kappa shape index (κ3) is 7.75. The van der Waals surface area contributed by atoms with Gasteiger partial charge in [0.15, 0.2) is 0 Å². The molecule has 2 aromatic carbocycles. The van der Waals surface area contributed by atoms with Crippen molar-refractivity contribution in [2.75, 3.05) is 23.7 Å². The number of carbonyl (C=O) groups is 2. The first-order chi connectivity index (χ1) is 15.4. The molecule has 0 fully saturated rings. The summed E-state index contributed by atoms with van der Waals surface area (Å²) in [6, 6.07) is 13.0. The number of benzene rings is 2. The molecule has 2 rings (SSSR count). The Labute approximate surface area is 201 Å². The Hall–Kier alpha value is -2.58. The number of nitrogens with one attached hydrogen (secondary N) is 1. The first-order valence-electron chi connectivity index (χ1n) is 10.7. The van der Waals surface area contributed by atoms with Crippen LogP contribution >= 0.6 is 11.6 Å². The van der Waals surface area contributed by atoms with Gasteiger partial charge in [0.05, 0.1) is 11.9 Å².